The van der Waals surface area contributed by atoms with Gasteiger partial charge in [0.2, 0.25) is 0 Å². The SMILES string of the molecule is CCOC(=O)CC(=O)CC(O)C=CC(=C(c1ccc(F)c(C)c1)c1ccc(F)c(C)c1)c1nnnn1C. The van der Waals surface area contributed by atoms with Crippen LogP contribution in [0.1, 0.15) is 47.8 Å². The third kappa shape index (κ3) is 7.01. The van der Waals surface area contributed by atoms with Gasteiger partial charge in [-0.05, 0) is 83.3 Å². The fraction of sp³-hybridized carbons (Fsp3) is 0.296. The number of hydrogen-bond donors (Lipinski definition) is 1. The topological polar surface area (TPSA) is 107 Å². The zero-order chi connectivity index (χ0) is 27.1. The van der Waals surface area contributed by atoms with Crippen LogP contribution in [-0.2, 0) is 21.4 Å². The number of rotatable bonds is 10. The molecule has 8 nitrogen and oxygen atoms in total. The molecule has 0 bridgehead atoms. The lowest BCUT2D eigenvalue weighted by molar-refractivity contribution is -0.145. The number of esters is 1. The second kappa shape index (κ2) is 12.3. The van der Waals surface area contributed by atoms with E-state index < -0.39 is 24.3 Å². The molecule has 37 heavy (non-hydrogen) atoms. The van der Waals surface area contributed by atoms with Crippen LogP contribution in [0.4, 0.5) is 8.78 Å². The van der Waals surface area contributed by atoms with E-state index in [9.17, 15) is 23.5 Å². The summed E-state index contributed by atoms with van der Waals surface area (Å²) in [4.78, 5) is 23.7. The summed E-state index contributed by atoms with van der Waals surface area (Å²) in [5.41, 5.74) is 3.03. The monoisotopic (exact) mass is 510 g/mol. The Morgan fingerprint density at radius 3 is 2.16 bits per heavy atom. The third-order valence-corrected chi connectivity index (χ3v) is 5.59. The number of hydrogen-bond acceptors (Lipinski definition) is 7. The van der Waals surface area contributed by atoms with Crippen molar-refractivity contribution in [2.24, 2.45) is 7.05 Å². The summed E-state index contributed by atoms with van der Waals surface area (Å²) in [5, 5.41) is 22.2. The number of aliphatic hydroxyl groups is 1. The fourth-order valence-electron chi connectivity index (χ4n) is 3.76. The first-order valence-electron chi connectivity index (χ1n) is 11.6. The minimum atomic E-state index is -1.22. The molecular weight excluding hydrogens is 482 g/mol. The van der Waals surface area contributed by atoms with Gasteiger partial charge in [0.1, 0.15) is 23.8 Å². The summed E-state index contributed by atoms with van der Waals surface area (Å²) in [6.45, 7) is 5.05. The number of tetrazole rings is 1. The lowest BCUT2D eigenvalue weighted by atomic mass is 9.90. The summed E-state index contributed by atoms with van der Waals surface area (Å²) in [6, 6.07) is 9.15. The van der Waals surface area contributed by atoms with Gasteiger partial charge < -0.3 is 9.84 Å². The summed E-state index contributed by atoms with van der Waals surface area (Å²) < 4.78 is 34.4. The van der Waals surface area contributed by atoms with Crippen molar-refractivity contribution in [3.63, 3.8) is 0 Å². The number of ether oxygens (including phenoxy) is 1. The molecule has 0 amide bonds. The van der Waals surface area contributed by atoms with Crippen LogP contribution in [0.3, 0.4) is 0 Å². The van der Waals surface area contributed by atoms with Crippen LogP contribution in [0.5, 0.6) is 0 Å². The van der Waals surface area contributed by atoms with E-state index in [1.54, 1.807) is 58.2 Å². The number of halogens is 2. The number of aliphatic hydroxyl groups excluding tert-OH is 1. The van der Waals surface area contributed by atoms with Crippen LogP contribution in [0, 0.1) is 25.5 Å². The van der Waals surface area contributed by atoms with Gasteiger partial charge in [-0.1, -0.05) is 24.3 Å². The molecule has 0 fully saturated rings. The van der Waals surface area contributed by atoms with E-state index in [0.29, 0.717) is 39.2 Å². The number of Topliss-reactive ketones (excluding diaryl/α,β-unsaturated/α-hetero) is 1. The highest BCUT2D eigenvalue weighted by molar-refractivity contribution is 6.01. The van der Waals surface area contributed by atoms with E-state index in [2.05, 4.69) is 15.5 Å². The molecular formula is C27H28F2N4O4. The molecule has 0 aliphatic carbocycles. The van der Waals surface area contributed by atoms with E-state index in [0.717, 1.165) is 0 Å². The molecule has 3 rings (SSSR count). The van der Waals surface area contributed by atoms with Gasteiger partial charge in [-0.25, -0.2) is 13.5 Å². The average molecular weight is 511 g/mol. The second-order valence-electron chi connectivity index (χ2n) is 8.49. The summed E-state index contributed by atoms with van der Waals surface area (Å²) in [5.74, 6) is -1.59. The number of ketones is 1. The van der Waals surface area contributed by atoms with Crippen molar-refractivity contribution in [1.82, 2.24) is 20.2 Å². The Balaban J connectivity index is 2.14. The zero-order valence-electron chi connectivity index (χ0n) is 21.0. The Kier molecular flexibility index (Phi) is 9.13. The second-order valence-corrected chi connectivity index (χ2v) is 8.49. The molecule has 0 saturated heterocycles. The van der Waals surface area contributed by atoms with Crippen molar-refractivity contribution >= 4 is 22.9 Å². The van der Waals surface area contributed by atoms with Crippen LogP contribution in [0.25, 0.3) is 11.1 Å². The maximum absolute atomic E-state index is 14.1. The number of allylic oxidation sites excluding steroid dienone is 2. The minimum absolute atomic E-state index is 0.156. The minimum Gasteiger partial charge on any atom is -0.466 e. The molecule has 0 saturated carbocycles. The first-order chi connectivity index (χ1) is 17.6. The summed E-state index contributed by atoms with van der Waals surface area (Å²) in [6.07, 6.45) is 0.981. The molecule has 194 valence electrons. The van der Waals surface area contributed by atoms with Crippen molar-refractivity contribution in [3.8, 4) is 0 Å². The maximum Gasteiger partial charge on any atom is 0.313 e. The molecule has 3 aromatic rings. The molecule has 1 atom stereocenters. The van der Waals surface area contributed by atoms with E-state index in [1.807, 2.05) is 0 Å². The van der Waals surface area contributed by atoms with Gasteiger partial charge >= 0.3 is 5.97 Å². The van der Waals surface area contributed by atoms with Crippen molar-refractivity contribution in [1.29, 1.82) is 0 Å². The smallest absolute Gasteiger partial charge is 0.313 e. The number of benzene rings is 2. The molecule has 0 aliphatic heterocycles. The first-order valence-corrected chi connectivity index (χ1v) is 11.6. The quantitative estimate of drug-likeness (QED) is 0.250. The number of aromatic nitrogens is 4. The van der Waals surface area contributed by atoms with Gasteiger partial charge in [-0.15, -0.1) is 5.10 Å². The lowest BCUT2D eigenvalue weighted by Crippen LogP contribution is -2.16. The Bertz CT molecular complexity index is 1310. The predicted molar refractivity (Wildman–Crippen MR) is 133 cm³/mol. The number of aryl methyl sites for hydroxylation is 3. The Hall–Kier alpha value is -4.05. The average Bonchev–Trinajstić information content (AvgIpc) is 3.26. The van der Waals surface area contributed by atoms with E-state index in [1.165, 1.54) is 22.9 Å². The van der Waals surface area contributed by atoms with Crippen molar-refractivity contribution in [2.45, 2.75) is 39.7 Å². The molecule has 1 N–H and O–H groups in total. The normalized spacial score (nSPS) is 12.0. The molecule has 0 spiro atoms. The van der Waals surface area contributed by atoms with Crippen molar-refractivity contribution < 1.29 is 28.2 Å². The standard InChI is InChI=1S/C27H28F2N4O4/c1-5-37-25(36)15-21(35)14-20(34)8-9-22(27-30-31-32-33(27)4)26(18-6-10-23(28)16(2)12-18)19-7-11-24(29)17(3)13-19/h6-13,20,34H,5,14-15H2,1-4H3. The molecule has 1 heterocycles. The summed E-state index contributed by atoms with van der Waals surface area (Å²) >= 11 is 0. The van der Waals surface area contributed by atoms with Crippen LogP contribution in [-0.4, -0.2) is 49.8 Å². The summed E-state index contributed by atoms with van der Waals surface area (Å²) in [7, 11) is 1.63. The van der Waals surface area contributed by atoms with Gasteiger partial charge in [0.15, 0.2) is 5.82 Å². The van der Waals surface area contributed by atoms with Crippen LogP contribution in [0.2, 0.25) is 0 Å². The number of carbonyl (C=O) groups is 2. The van der Waals surface area contributed by atoms with Gasteiger partial charge in [0, 0.05) is 19.0 Å². The largest absolute Gasteiger partial charge is 0.466 e. The van der Waals surface area contributed by atoms with Crippen molar-refractivity contribution in [2.75, 3.05) is 6.61 Å². The lowest BCUT2D eigenvalue weighted by Gasteiger charge is -2.16. The highest BCUT2D eigenvalue weighted by Gasteiger charge is 2.20. The zero-order valence-corrected chi connectivity index (χ0v) is 21.0. The number of carbonyl (C=O) groups excluding carboxylic acids is 2. The van der Waals surface area contributed by atoms with Gasteiger partial charge in [-0.2, -0.15) is 0 Å². The molecule has 2 aromatic carbocycles. The highest BCUT2D eigenvalue weighted by atomic mass is 19.1. The van der Waals surface area contributed by atoms with Gasteiger partial charge in [-0.3, -0.25) is 9.59 Å². The molecule has 0 aliphatic rings. The Labute approximate surface area is 213 Å². The Morgan fingerprint density at radius 1 is 1.08 bits per heavy atom. The Morgan fingerprint density at radius 2 is 1.68 bits per heavy atom. The predicted octanol–water partition coefficient (Wildman–Crippen LogP) is 3.89. The van der Waals surface area contributed by atoms with Crippen LogP contribution >= 0.6 is 0 Å². The van der Waals surface area contributed by atoms with E-state index >= 15 is 0 Å². The highest BCUT2D eigenvalue weighted by Crippen LogP contribution is 2.34. The number of nitrogens with zero attached hydrogens (tertiary/aromatic N) is 4. The molecule has 0 radical (unpaired) electrons. The van der Waals surface area contributed by atoms with Crippen LogP contribution < -0.4 is 0 Å². The molecule has 10 heteroatoms. The van der Waals surface area contributed by atoms with Gasteiger partial charge in [0.05, 0.1) is 12.7 Å². The van der Waals surface area contributed by atoms with Crippen LogP contribution in [0.15, 0.2) is 48.6 Å². The molecule has 1 unspecified atom stereocenters. The third-order valence-electron chi connectivity index (χ3n) is 5.59. The van der Waals surface area contributed by atoms with Crippen molar-refractivity contribution in [3.05, 3.63) is 88.3 Å². The first kappa shape index (κ1) is 27.5. The fourth-order valence-corrected chi connectivity index (χ4v) is 3.76. The van der Waals surface area contributed by atoms with E-state index in [-0.39, 0.29) is 24.7 Å². The van der Waals surface area contributed by atoms with E-state index in [4.69, 9.17) is 4.74 Å². The maximum atomic E-state index is 14.1. The molecule has 1 aromatic heterocycles. The van der Waals surface area contributed by atoms with Gasteiger partial charge in [0.25, 0.3) is 0 Å².